The number of hydrogen-bond acceptors (Lipinski definition) is 5. The molecule has 0 saturated carbocycles. The Kier molecular flexibility index (Phi) is 3.70. The van der Waals surface area contributed by atoms with E-state index in [1.54, 1.807) is 6.92 Å². The summed E-state index contributed by atoms with van der Waals surface area (Å²) < 4.78 is 6.34. The molecule has 19 heavy (non-hydrogen) atoms. The molecule has 0 unspecified atom stereocenters. The van der Waals surface area contributed by atoms with Gasteiger partial charge in [0.25, 0.3) is 5.56 Å². The van der Waals surface area contributed by atoms with Crippen LogP contribution < -0.4 is 11.2 Å². The first-order valence-electron chi connectivity index (χ1n) is 5.69. The molecular weight excluding hydrogens is 254 g/mol. The smallest absolute Gasteiger partial charge is 0.330 e. The summed E-state index contributed by atoms with van der Waals surface area (Å²) in [6.07, 6.45) is -0.0664. The highest BCUT2D eigenvalue weighted by Crippen LogP contribution is 2.29. The van der Waals surface area contributed by atoms with E-state index in [1.165, 1.54) is 6.20 Å². The average Bonchev–Trinajstić information content (AvgIpc) is 2.78. The minimum atomic E-state index is -0.844. The average molecular weight is 267 g/mol. The van der Waals surface area contributed by atoms with Crippen LogP contribution in [0.25, 0.3) is 10.4 Å². The van der Waals surface area contributed by atoms with E-state index in [2.05, 4.69) is 15.0 Å². The van der Waals surface area contributed by atoms with E-state index in [9.17, 15) is 9.59 Å². The minimum Gasteiger partial charge on any atom is -0.394 e. The van der Waals surface area contributed by atoms with Gasteiger partial charge in [-0.05, 0) is 12.5 Å². The number of aryl methyl sites for hydroxylation is 1. The van der Waals surface area contributed by atoms with E-state index >= 15 is 0 Å². The van der Waals surface area contributed by atoms with Crippen LogP contribution in [0.3, 0.4) is 0 Å². The molecule has 2 rings (SSSR count). The number of azide groups is 1. The zero-order valence-corrected chi connectivity index (χ0v) is 10.2. The van der Waals surface area contributed by atoms with E-state index < -0.39 is 29.6 Å². The number of rotatable bonds is 3. The molecule has 3 atom stereocenters. The van der Waals surface area contributed by atoms with Crippen molar-refractivity contribution in [1.29, 1.82) is 0 Å². The number of aromatic nitrogens is 2. The first kappa shape index (κ1) is 13.3. The maximum atomic E-state index is 11.9. The number of H-pyrrole nitrogens is 1. The first-order chi connectivity index (χ1) is 9.08. The van der Waals surface area contributed by atoms with Gasteiger partial charge in [0.15, 0.2) is 0 Å². The molecule has 1 aliphatic rings. The molecule has 1 aromatic heterocycles. The fourth-order valence-electron chi connectivity index (χ4n) is 2.07. The highest BCUT2D eigenvalue weighted by molar-refractivity contribution is 5.02. The van der Waals surface area contributed by atoms with Gasteiger partial charge in [0.1, 0.15) is 6.23 Å². The number of aromatic amines is 1. The summed E-state index contributed by atoms with van der Waals surface area (Å²) in [7, 11) is 0. The lowest BCUT2D eigenvalue weighted by Gasteiger charge is -2.14. The van der Waals surface area contributed by atoms with E-state index in [0.717, 1.165) is 4.57 Å². The molecule has 0 bridgehead atoms. The predicted octanol–water partition coefficient (Wildman–Crippen LogP) is -0.196. The van der Waals surface area contributed by atoms with Crippen LogP contribution in [0.5, 0.6) is 0 Å². The van der Waals surface area contributed by atoms with Gasteiger partial charge in [-0.3, -0.25) is 4.79 Å². The van der Waals surface area contributed by atoms with Crippen LogP contribution in [0, 0.1) is 6.92 Å². The van der Waals surface area contributed by atoms with Gasteiger partial charge in [-0.15, -0.1) is 0 Å². The van der Waals surface area contributed by atoms with Crippen molar-refractivity contribution in [2.75, 3.05) is 6.61 Å². The van der Waals surface area contributed by atoms with Gasteiger partial charge in [0.2, 0.25) is 0 Å². The Labute approximate surface area is 107 Å². The Balaban J connectivity index is 2.40. The summed E-state index contributed by atoms with van der Waals surface area (Å²) >= 11 is 0. The van der Waals surface area contributed by atoms with Crippen LogP contribution in [-0.4, -0.2) is 33.4 Å². The number of nitrogens with zero attached hydrogens (tertiary/aromatic N) is 4. The normalized spacial score (nSPS) is 26.1. The van der Waals surface area contributed by atoms with Crippen molar-refractivity contribution in [3.63, 3.8) is 0 Å². The minimum absolute atomic E-state index is 0.168. The molecule has 9 heteroatoms. The third-order valence-electron chi connectivity index (χ3n) is 3.06. The van der Waals surface area contributed by atoms with Crippen LogP contribution in [0.2, 0.25) is 0 Å². The standard InChI is InChI=1S/C10H13N5O4/c1-5-3-12-10(18)15(9(5)17)8-2-6(13-14-11)7(4-16)19-8/h3,6-8,16H,2,4H2,1H3,(H,12,18)/t6-,7+,8+/m0/s1. The Morgan fingerprint density at radius 1 is 1.68 bits per heavy atom. The van der Waals surface area contributed by atoms with E-state index in [4.69, 9.17) is 15.4 Å². The van der Waals surface area contributed by atoms with Gasteiger partial charge < -0.3 is 14.8 Å². The largest absolute Gasteiger partial charge is 0.394 e. The fourth-order valence-corrected chi connectivity index (χ4v) is 2.07. The monoisotopic (exact) mass is 267 g/mol. The summed E-state index contributed by atoms with van der Waals surface area (Å²) in [6, 6.07) is -0.605. The Morgan fingerprint density at radius 2 is 2.42 bits per heavy atom. The van der Waals surface area contributed by atoms with E-state index in [0.29, 0.717) is 5.56 Å². The van der Waals surface area contributed by atoms with Gasteiger partial charge >= 0.3 is 5.69 Å². The lowest BCUT2D eigenvalue weighted by atomic mass is 10.1. The third-order valence-corrected chi connectivity index (χ3v) is 3.06. The van der Waals surface area contributed by atoms with Gasteiger partial charge in [0.05, 0.1) is 18.8 Å². The second-order valence-electron chi connectivity index (χ2n) is 4.27. The topological polar surface area (TPSA) is 133 Å². The molecule has 9 nitrogen and oxygen atoms in total. The van der Waals surface area contributed by atoms with Gasteiger partial charge in [-0.2, -0.15) is 0 Å². The molecule has 2 N–H and O–H groups in total. The van der Waals surface area contributed by atoms with Crippen LogP contribution >= 0.6 is 0 Å². The summed E-state index contributed by atoms with van der Waals surface area (Å²) in [6.45, 7) is 1.22. The highest BCUT2D eigenvalue weighted by Gasteiger charge is 2.36. The van der Waals surface area contributed by atoms with Gasteiger partial charge in [-0.25, -0.2) is 9.36 Å². The second-order valence-corrected chi connectivity index (χ2v) is 4.27. The molecule has 0 aliphatic carbocycles. The SMILES string of the molecule is Cc1c[nH]c(=O)n([C@H]2C[C@H](N=[N+]=[N-])[C@@H](CO)O2)c1=O. The lowest BCUT2D eigenvalue weighted by molar-refractivity contribution is -0.0285. The van der Waals surface area contributed by atoms with Gasteiger partial charge in [0, 0.05) is 23.1 Å². The Morgan fingerprint density at radius 3 is 3.05 bits per heavy atom. The van der Waals surface area contributed by atoms with Crippen molar-refractivity contribution in [2.24, 2.45) is 5.11 Å². The number of hydrogen-bond donors (Lipinski definition) is 2. The fraction of sp³-hybridized carbons (Fsp3) is 0.600. The van der Waals surface area contributed by atoms with Crippen molar-refractivity contribution in [3.05, 3.63) is 43.0 Å². The van der Waals surface area contributed by atoms with Gasteiger partial charge in [-0.1, -0.05) is 5.11 Å². The molecular formula is C10H13N5O4. The summed E-state index contributed by atoms with van der Waals surface area (Å²) in [5.41, 5.74) is 7.74. The maximum absolute atomic E-state index is 11.9. The molecule has 2 heterocycles. The molecule has 0 amide bonds. The molecule has 0 aromatic carbocycles. The maximum Gasteiger partial charge on any atom is 0.330 e. The number of aliphatic hydroxyl groups is 1. The van der Waals surface area contributed by atoms with Crippen LogP contribution in [0.15, 0.2) is 20.9 Å². The molecule has 1 aliphatic heterocycles. The molecule has 0 radical (unpaired) electrons. The third kappa shape index (κ3) is 2.39. The van der Waals surface area contributed by atoms with Crippen molar-refractivity contribution in [2.45, 2.75) is 31.7 Å². The highest BCUT2D eigenvalue weighted by atomic mass is 16.5. The molecule has 102 valence electrons. The van der Waals surface area contributed by atoms with Crippen LogP contribution in [-0.2, 0) is 4.74 Å². The molecule has 0 spiro atoms. The summed E-state index contributed by atoms with van der Waals surface area (Å²) in [5, 5.41) is 12.6. The molecule has 1 aromatic rings. The summed E-state index contributed by atoms with van der Waals surface area (Å²) in [5.74, 6) is 0. The zero-order valence-electron chi connectivity index (χ0n) is 10.2. The van der Waals surface area contributed by atoms with Crippen molar-refractivity contribution < 1.29 is 9.84 Å². The number of ether oxygens (including phenoxy) is 1. The van der Waals surface area contributed by atoms with Crippen LogP contribution in [0.1, 0.15) is 18.2 Å². The van der Waals surface area contributed by atoms with Crippen molar-refractivity contribution in [3.8, 4) is 0 Å². The summed E-state index contributed by atoms with van der Waals surface area (Å²) in [4.78, 5) is 28.7. The van der Waals surface area contributed by atoms with Crippen LogP contribution in [0.4, 0.5) is 0 Å². The first-order valence-corrected chi connectivity index (χ1v) is 5.69. The number of aliphatic hydroxyl groups excluding tert-OH is 1. The zero-order chi connectivity index (χ0) is 14.0. The second kappa shape index (κ2) is 5.27. The molecule has 1 saturated heterocycles. The Hall–Kier alpha value is -2.09. The predicted molar refractivity (Wildman–Crippen MR) is 64.6 cm³/mol. The molecule has 1 fully saturated rings. The van der Waals surface area contributed by atoms with Crippen molar-refractivity contribution in [1.82, 2.24) is 9.55 Å². The van der Waals surface area contributed by atoms with E-state index in [1.807, 2.05) is 0 Å². The lowest BCUT2D eigenvalue weighted by Crippen LogP contribution is -2.39. The van der Waals surface area contributed by atoms with E-state index in [-0.39, 0.29) is 13.0 Å². The van der Waals surface area contributed by atoms with Crippen molar-refractivity contribution >= 4 is 0 Å². The Bertz CT molecular complexity index is 630. The quantitative estimate of drug-likeness (QED) is 0.445. The number of nitrogens with one attached hydrogen (secondary N) is 1.